The number of hydrogen-bond donors (Lipinski definition) is 1. The summed E-state index contributed by atoms with van der Waals surface area (Å²) in [6.45, 7) is 2.96. The predicted octanol–water partition coefficient (Wildman–Crippen LogP) is 4.44. The summed E-state index contributed by atoms with van der Waals surface area (Å²) >= 11 is 3.35. The Morgan fingerprint density at radius 3 is 2.65 bits per heavy atom. The number of halogens is 2. The lowest BCUT2D eigenvalue weighted by molar-refractivity contribution is 0.601. The van der Waals surface area contributed by atoms with Crippen LogP contribution in [0.4, 0.5) is 4.39 Å². The van der Waals surface area contributed by atoms with Gasteiger partial charge in [-0.05, 0) is 53.5 Å². The first-order valence-electron chi connectivity index (χ1n) is 6.76. The van der Waals surface area contributed by atoms with E-state index in [0.29, 0.717) is 10.4 Å². The highest BCUT2D eigenvalue weighted by Gasteiger charge is 2.15. The molecule has 1 N–H and O–H groups in total. The Morgan fingerprint density at radius 1 is 1.20 bits per heavy atom. The van der Waals surface area contributed by atoms with Crippen LogP contribution < -0.4 is 5.32 Å². The van der Waals surface area contributed by atoms with Crippen LogP contribution in [-0.4, -0.2) is 13.6 Å². The third kappa shape index (κ3) is 3.68. The van der Waals surface area contributed by atoms with Gasteiger partial charge in [-0.15, -0.1) is 0 Å². The van der Waals surface area contributed by atoms with Crippen molar-refractivity contribution in [2.45, 2.75) is 19.3 Å². The molecule has 0 spiro atoms. The lowest BCUT2D eigenvalue weighted by Gasteiger charge is -2.18. The first-order valence-corrected chi connectivity index (χ1v) is 7.55. The summed E-state index contributed by atoms with van der Waals surface area (Å²) in [7, 11) is 1.95. The second-order valence-corrected chi connectivity index (χ2v) is 5.88. The Hall–Kier alpha value is -1.19. The van der Waals surface area contributed by atoms with Crippen LogP contribution in [0.2, 0.25) is 0 Å². The van der Waals surface area contributed by atoms with Gasteiger partial charge in [0.2, 0.25) is 0 Å². The van der Waals surface area contributed by atoms with E-state index in [1.807, 2.05) is 13.1 Å². The third-order valence-corrected chi connectivity index (χ3v) is 4.35. The predicted molar refractivity (Wildman–Crippen MR) is 85.7 cm³/mol. The maximum Gasteiger partial charge on any atom is 0.137 e. The largest absolute Gasteiger partial charge is 0.319 e. The molecule has 0 heterocycles. The molecule has 3 heteroatoms. The Morgan fingerprint density at radius 2 is 1.95 bits per heavy atom. The molecule has 0 fully saturated rings. The Kier molecular flexibility index (Phi) is 5.32. The third-order valence-electron chi connectivity index (χ3n) is 3.46. The Balaban J connectivity index is 2.28. The van der Waals surface area contributed by atoms with Crippen LogP contribution in [0.15, 0.2) is 46.9 Å². The fourth-order valence-electron chi connectivity index (χ4n) is 2.45. The lowest BCUT2D eigenvalue weighted by atomic mass is 9.91. The summed E-state index contributed by atoms with van der Waals surface area (Å²) in [4.78, 5) is 0. The SMILES string of the molecule is CNCC(Cc1cccc(F)c1Br)c1cccc(C)c1. The normalized spacial score (nSPS) is 12.4. The van der Waals surface area contributed by atoms with Gasteiger partial charge < -0.3 is 5.32 Å². The molecule has 0 bridgehead atoms. The van der Waals surface area contributed by atoms with Crippen molar-refractivity contribution in [3.63, 3.8) is 0 Å². The zero-order valence-corrected chi connectivity index (χ0v) is 13.4. The van der Waals surface area contributed by atoms with Gasteiger partial charge >= 0.3 is 0 Å². The second kappa shape index (κ2) is 7.00. The number of nitrogens with one attached hydrogen (secondary N) is 1. The van der Waals surface area contributed by atoms with Crippen molar-refractivity contribution in [2.75, 3.05) is 13.6 Å². The van der Waals surface area contributed by atoms with Crippen LogP contribution in [0, 0.1) is 12.7 Å². The number of aryl methyl sites for hydroxylation is 1. The van der Waals surface area contributed by atoms with E-state index in [-0.39, 0.29) is 5.82 Å². The summed E-state index contributed by atoms with van der Waals surface area (Å²) < 4.78 is 14.2. The highest BCUT2D eigenvalue weighted by molar-refractivity contribution is 9.10. The maximum absolute atomic E-state index is 13.6. The number of hydrogen-bond acceptors (Lipinski definition) is 1. The molecule has 2 rings (SSSR count). The van der Waals surface area contributed by atoms with Gasteiger partial charge in [0.25, 0.3) is 0 Å². The van der Waals surface area contributed by atoms with Crippen LogP contribution >= 0.6 is 15.9 Å². The van der Waals surface area contributed by atoms with Gasteiger partial charge in [-0.3, -0.25) is 0 Å². The minimum atomic E-state index is -0.199. The fourth-order valence-corrected chi connectivity index (χ4v) is 2.88. The van der Waals surface area contributed by atoms with Crippen molar-refractivity contribution in [2.24, 2.45) is 0 Å². The maximum atomic E-state index is 13.6. The molecule has 20 heavy (non-hydrogen) atoms. The number of benzene rings is 2. The van der Waals surface area contributed by atoms with Crippen LogP contribution in [0.25, 0.3) is 0 Å². The van der Waals surface area contributed by atoms with Crippen LogP contribution in [0.1, 0.15) is 22.6 Å². The van der Waals surface area contributed by atoms with Crippen LogP contribution in [-0.2, 0) is 6.42 Å². The first kappa shape index (κ1) is 15.2. The zero-order chi connectivity index (χ0) is 14.5. The molecule has 106 valence electrons. The molecule has 0 aliphatic heterocycles. The minimum absolute atomic E-state index is 0.199. The molecule has 2 aromatic carbocycles. The summed E-state index contributed by atoms with van der Waals surface area (Å²) in [6, 6.07) is 13.7. The van der Waals surface area contributed by atoms with Gasteiger partial charge in [0.15, 0.2) is 0 Å². The van der Waals surface area contributed by atoms with Gasteiger partial charge in [0, 0.05) is 12.5 Å². The summed E-state index contributed by atoms with van der Waals surface area (Å²) in [5.74, 6) is 0.132. The number of rotatable bonds is 5. The Labute approximate surface area is 128 Å². The molecule has 0 saturated carbocycles. The van der Waals surface area contributed by atoms with Gasteiger partial charge in [-0.25, -0.2) is 4.39 Å². The van der Waals surface area contributed by atoms with Crippen molar-refractivity contribution < 1.29 is 4.39 Å². The van der Waals surface area contributed by atoms with E-state index in [2.05, 4.69) is 52.4 Å². The molecule has 0 aliphatic rings. The molecule has 2 aromatic rings. The van der Waals surface area contributed by atoms with Crippen molar-refractivity contribution in [1.29, 1.82) is 0 Å². The zero-order valence-electron chi connectivity index (χ0n) is 11.8. The molecule has 0 saturated heterocycles. The van der Waals surface area contributed by atoms with E-state index in [1.165, 1.54) is 17.2 Å². The van der Waals surface area contributed by atoms with E-state index in [4.69, 9.17) is 0 Å². The summed E-state index contributed by atoms with van der Waals surface area (Å²) in [5.41, 5.74) is 3.55. The van der Waals surface area contributed by atoms with Gasteiger partial charge in [-0.2, -0.15) is 0 Å². The standard InChI is InChI=1S/C17H19BrFN/c1-12-5-3-6-13(9-12)15(11-20-2)10-14-7-4-8-16(19)17(14)18/h3-9,15,20H,10-11H2,1-2H3. The van der Waals surface area contributed by atoms with Crippen molar-refractivity contribution in [1.82, 2.24) is 5.32 Å². The molecule has 1 unspecified atom stereocenters. The molecule has 1 nitrogen and oxygen atoms in total. The Bertz CT molecular complexity index is 583. The monoisotopic (exact) mass is 335 g/mol. The van der Waals surface area contributed by atoms with Crippen molar-refractivity contribution >= 4 is 15.9 Å². The number of likely N-dealkylation sites (N-methyl/N-ethyl adjacent to an activating group) is 1. The smallest absolute Gasteiger partial charge is 0.137 e. The minimum Gasteiger partial charge on any atom is -0.319 e. The molecule has 0 aromatic heterocycles. The van der Waals surface area contributed by atoms with E-state index < -0.39 is 0 Å². The summed E-state index contributed by atoms with van der Waals surface area (Å²) in [5, 5.41) is 3.23. The van der Waals surface area contributed by atoms with Gasteiger partial charge in [-0.1, -0.05) is 42.0 Å². The van der Waals surface area contributed by atoms with Crippen LogP contribution in [0.5, 0.6) is 0 Å². The fraction of sp³-hybridized carbons (Fsp3) is 0.294. The van der Waals surface area contributed by atoms with Crippen LogP contribution in [0.3, 0.4) is 0 Å². The molecule has 1 atom stereocenters. The van der Waals surface area contributed by atoms with E-state index >= 15 is 0 Å². The van der Waals surface area contributed by atoms with Gasteiger partial charge in [0.05, 0.1) is 4.47 Å². The quantitative estimate of drug-likeness (QED) is 0.851. The average Bonchev–Trinajstić information content (AvgIpc) is 2.43. The average molecular weight is 336 g/mol. The molecule has 0 amide bonds. The molecule has 0 radical (unpaired) electrons. The highest BCUT2D eigenvalue weighted by Crippen LogP contribution is 2.27. The molecular weight excluding hydrogens is 317 g/mol. The topological polar surface area (TPSA) is 12.0 Å². The summed E-state index contributed by atoms with van der Waals surface area (Å²) in [6.07, 6.45) is 0.808. The van der Waals surface area contributed by atoms with E-state index in [9.17, 15) is 4.39 Å². The second-order valence-electron chi connectivity index (χ2n) is 5.09. The molecular formula is C17H19BrFN. The van der Waals surface area contributed by atoms with Gasteiger partial charge in [0.1, 0.15) is 5.82 Å². The van der Waals surface area contributed by atoms with Crippen molar-refractivity contribution in [3.8, 4) is 0 Å². The highest BCUT2D eigenvalue weighted by atomic mass is 79.9. The lowest BCUT2D eigenvalue weighted by Crippen LogP contribution is -2.19. The van der Waals surface area contributed by atoms with E-state index in [0.717, 1.165) is 18.5 Å². The molecule has 0 aliphatic carbocycles. The first-order chi connectivity index (χ1) is 9.61. The van der Waals surface area contributed by atoms with E-state index in [1.54, 1.807) is 6.07 Å². The van der Waals surface area contributed by atoms with Crippen molar-refractivity contribution in [3.05, 3.63) is 69.4 Å².